The zero-order valence-electron chi connectivity index (χ0n) is 16.3. The van der Waals surface area contributed by atoms with E-state index in [2.05, 4.69) is 18.5 Å². The van der Waals surface area contributed by atoms with Gasteiger partial charge in [0, 0.05) is 19.0 Å². The smallest absolute Gasteiger partial charge is 0.410 e. The molecule has 0 aromatic carbocycles. The van der Waals surface area contributed by atoms with E-state index in [9.17, 15) is 9.59 Å². The molecule has 1 aliphatic rings. The van der Waals surface area contributed by atoms with Crippen LogP contribution in [0.25, 0.3) is 0 Å². The van der Waals surface area contributed by atoms with Gasteiger partial charge in [-0.3, -0.25) is 0 Å². The third-order valence-electron chi connectivity index (χ3n) is 3.64. The molecule has 0 aliphatic heterocycles. The van der Waals surface area contributed by atoms with Crippen molar-refractivity contribution >= 4 is 12.2 Å². The summed E-state index contributed by atoms with van der Waals surface area (Å²) >= 11 is 0. The topological polar surface area (TPSA) is 67.9 Å². The Balaban J connectivity index is 2.86. The lowest BCUT2D eigenvalue weighted by atomic mass is 10.1. The number of alkyl carbamates (subject to hydrolysis) is 1. The molecule has 142 valence electrons. The molecular formula is C19H32N2O4. The third kappa shape index (κ3) is 6.80. The highest BCUT2D eigenvalue weighted by atomic mass is 16.6. The number of amides is 2. The lowest BCUT2D eigenvalue weighted by molar-refractivity contribution is 0.0221. The quantitative estimate of drug-likeness (QED) is 0.737. The predicted molar refractivity (Wildman–Crippen MR) is 98.4 cm³/mol. The van der Waals surface area contributed by atoms with Crippen LogP contribution in [0.15, 0.2) is 25.3 Å². The molecule has 0 saturated heterocycles. The second-order valence-electron chi connectivity index (χ2n) is 8.48. The molecule has 0 aromatic rings. The van der Waals surface area contributed by atoms with Gasteiger partial charge in [0.15, 0.2) is 0 Å². The van der Waals surface area contributed by atoms with Gasteiger partial charge in [-0.1, -0.05) is 12.2 Å². The number of rotatable bonds is 6. The van der Waals surface area contributed by atoms with Crippen molar-refractivity contribution in [3.63, 3.8) is 0 Å². The molecule has 1 rings (SSSR count). The second-order valence-corrected chi connectivity index (χ2v) is 8.48. The van der Waals surface area contributed by atoms with Crippen LogP contribution in [0, 0.1) is 5.92 Å². The van der Waals surface area contributed by atoms with Crippen LogP contribution in [-0.4, -0.2) is 46.9 Å². The largest absolute Gasteiger partial charge is 0.444 e. The van der Waals surface area contributed by atoms with E-state index < -0.39 is 28.9 Å². The number of hydrogen-bond donors (Lipinski definition) is 1. The van der Waals surface area contributed by atoms with Gasteiger partial charge in [0.1, 0.15) is 11.2 Å². The third-order valence-corrected chi connectivity index (χ3v) is 3.64. The number of hydrogen-bond acceptors (Lipinski definition) is 4. The van der Waals surface area contributed by atoms with Crippen LogP contribution < -0.4 is 5.32 Å². The standard InChI is InChI=1S/C19H32N2O4/c1-9-11-21(16(23)25-18(6,7)8)13-19(12-14(19)10-2)20-15(22)24-17(3,4)5/h9-10,14H,1-2,11-13H2,3-8H3,(H,20,22)/t14-,19-/m0/s1. The van der Waals surface area contributed by atoms with Crippen molar-refractivity contribution in [2.75, 3.05) is 13.1 Å². The number of nitrogens with one attached hydrogen (secondary N) is 1. The van der Waals surface area contributed by atoms with E-state index in [1.807, 2.05) is 41.5 Å². The van der Waals surface area contributed by atoms with E-state index in [0.717, 1.165) is 0 Å². The van der Waals surface area contributed by atoms with Gasteiger partial charge in [0.2, 0.25) is 0 Å². The van der Waals surface area contributed by atoms with Crippen molar-refractivity contribution in [1.82, 2.24) is 10.2 Å². The van der Waals surface area contributed by atoms with Crippen LogP contribution in [-0.2, 0) is 9.47 Å². The molecule has 2 amide bonds. The average Bonchev–Trinajstić information content (AvgIpc) is 3.06. The normalized spacial score (nSPS) is 22.6. The number of carbonyl (C=O) groups is 2. The Morgan fingerprint density at radius 2 is 1.72 bits per heavy atom. The minimum atomic E-state index is -0.594. The van der Waals surface area contributed by atoms with Gasteiger partial charge in [-0.2, -0.15) is 0 Å². The van der Waals surface area contributed by atoms with Gasteiger partial charge >= 0.3 is 12.2 Å². The van der Waals surface area contributed by atoms with Crippen LogP contribution in [0.3, 0.4) is 0 Å². The highest BCUT2D eigenvalue weighted by molar-refractivity contribution is 5.71. The Hall–Kier alpha value is -1.98. The Bertz CT molecular complexity index is 531. The fourth-order valence-corrected chi connectivity index (χ4v) is 2.54. The summed E-state index contributed by atoms with van der Waals surface area (Å²) in [5.74, 6) is 0.0785. The van der Waals surface area contributed by atoms with Crippen molar-refractivity contribution in [3.8, 4) is 0 Å². The molecule has 2 atom stereocenters. The van der Waals surface area contributed by atoms with E-state index in [0.29, 0.717) is 19.5 Å². The summed E-state index contributed by atoms with van der Waals surface area (Å²) in [4.78, 5) is 26.2. The highest BCUT2D eigenvalue weighted by Gasteiger charge is 2.55. The van der Waals surface area contributed by atoms with Crippen molar-refractivity contribution in [2.24, 2.45) is 5.92 Å². The van der Waals surface area contributed by atoms with Crippen LogP contribution >= 0.6 is 0 Å². The SMILES string of the molecule is C=CCN(C[C@@]1(NC(=O)OC(C)(C)C)C[C@@H]1C=C)C(=O)OC(C)(C)C. The van der Waals surface area contributed by atoms with Crippen molar-refractivity contribution in [3.05, 3.63) is 25.3 Å². The summed E-state index contributed by atoms with van der Waals surface area (Å²) in [6.45, 7) is 19.0. The molecule has 1 N–H and O–H groups in total. The summed E-state index contributed by atoms with van der Waals surface area (Å²) in [7, 11) is 0. The van der Waals surface area contributed by atoms with E-state index in [-0.39, 0.29) is 5.92 Å². The predicted octanol–water partition coefficient (Wildman–Crippen LogP) is 3.88. The summed E-state index contributed by atoms with van der Waals surface area (Å²) < 4.78 is 10.8. The van der Waals surface area contributed by atoms with E-state index >= 15 is 0 Å². The fourth-order valence-electron chi connectivity index (χ4n) is 2.54. The zero-order valence-corrected chi connectivity index (χ0v) is 16.3. The first-order valence-corrected chi connectivity index (χ1v) is 8.54. The minimum Gasteiger partial charge on any atom is -0.444 e. The first-order valence-electron chi connectivity index (χ1n) is 8.54. The van der Waals surface area contributed by atoms with Crippen LogP contribution in [0.1, 0.15) is 48.0 Å². The van der Waals surface area contributed by atoms with E-state index in [1.54, 1.807) is 17.1 Å². The van der Waals surface area contributed by atoms with Gasteiger partial charge in [-0.15, -0.1) is 13.2 Å². The Morgan fingerprint density at radius 1 is 1.16 bits per heavy atom. The molecule has 0 bridgehead atoms. The Morgan fingerprint density at radius 3 is 2.12 bits per heavy atom. The van der Waals surface area contributed by atoms with Crippen molar-refractivity contribution in [2.45, 2.75) is 64.7 Å². The number of carbonyl (C=O) groups excluding carboxylic acids is 2. The lowest BCUT2D eigenvalue weighted by Crippen LogP contribution is -2.51. The molecule has 0 aromatic heterocycles. The number of ether oxygens (including phenoxy) is 2. The summed E-state index contributed by atoms with van der Waals surface area (Å²) in [6.07, 6.45) is 3.19. The number of nitrogens with zero attached hydrogens (tertiary/aromatic N) is 1. The van der Waals surface area contributed by atoms with Crippen molar-refractivity contribution < 1.29 is 19.1 Å². The highest BCUT2D eigenvalue weighted by Crippen LogP contribution is 2.45. The molecule has 1 saturated carbocycles. The zero-order chi connectivity index (χ0) is 19.5. The van der Waals surface area contributed by atoms with Crippen molar-refractivity contribution in [1.29, 1.82) is 0 Å². The van der Waals surface area contributed by atoms with Crippen LogP contribution in [0.4, 0.5) is 9.59 Å². The molecule has 0 radical (unpaired) electrons. The summed E-state index contributed by atoms with van der Waals surface area (Å²) in [6, 6.07) is 0. The Kier molecular flexibility index (Phi) is 6.32. The Labute approximate surface area is 151 Å². The molecular weight excluding hydrogens is 320 g/mol. The molecule has 0 heterocycles. The summed E-state index contributed by atoms with van der Waals surface area (Å²) in [5.41, 5.74) is -1.76. The van der Waals surface area contributed by atoms with E-state index in [1.165, 1.54) is 0 Å². The van der Waals surface area contributed by atoms with Crippen LogP contribution in [0.2, 0.25) is 0 Å². The van der Waals surface area contributed by atoms with E-state index in [4.69, 9.17) is 9.47 Å². The lowest BCUT2D eigenvalue weighted by Gasteiger charge is -2.31. The first kappa shape index (κ1) is 21.1. The van der Waals surface area contributed by atoms with Gasteiger partial charge < -0.3 is 19.7 Å². The van der Waals surface area contributed by atoms with Gasteiger partial charge in [0.25, 0.3) is 0 Å². The maximum atomic E-state index is 12.5. The second kappa shape index (κ2) is 7.50. The van der Waals surface area contributed by atoms with Gasteiger partial charge in [0.05, 0.1) is 5.54 Å². The maximum Gasteiger partial charge on any atom is 0.410 e. The average molecular weight is 352 g/mol. The molecule has 0 unspecified atom stereocenters. The minimum absolute atomic E-state index is 0.0785. The van der Waals surface area contributed by atoms with Crippen LogP contribution in [0.5, 0.6) is 0 Å². The van der Waals surface area contributed by atoms with Gasteiger partial charge in [-0.25, -0.2) is 9.59 Å². The molecule has 6 heteroatoms. The molecule has 1 fully saturated rings. The summed E-state index contributed by atoms with van der Waals surface area (Å²) in [5, 5.41) is 2.92. The first-order chi connectivity index (χ1) is 11.3. The molecule has 25 heavy (non-hydrogen) atoms. The fraction of sp³-hybridized carbons (Fsp3) is 0.684. The molecule has 0 spiro atoms. The maximum absolute atomic E-state index is 12.5. The van der Waals surface area contributed by atoms with Gasteiger partial charge in [-0.05, 0) is 48.0 Å². The molecule has 6 nitrogen and oxygen atoms in total. The monoisotopic (exact) mass is 352 g/mol. The molecule has 1 aliphatic carbocycles.